The monoisotopic (exact) mass is 700 g/mol. The molecule has 258 valence electrons. The van der Waals surface area contributed by atoms with Gasteiger partial charge < -0.3 is 9.13 Å². The Balaban J connectivity index is 1.06. The van der Waals surface area contributed by atoms with E-state index in [2.05, 4.69) is 205 Å². The summed E-state index contributed by atoms with van der Waals surface area (Å²) in [6.45, 7) is 4.78. The maximum absolute atomic E-state index is 2.46. The summed E-state index contributed by atoms with van der Waals surface area (Å²) in [5.74, 6) is 0. The van der Waals surface area contributed by atoms with Crippen LogP contribution < -0.4 is 0 Å². The van der Waals surface area contributed by atoms with Crippen LogP contribution in [0.5, 0.6) is 0 Å². The average Bonchev–Trinajstić information content (AvgIpc) is 3.84. The molecule has 12 rings (SSSR count). The number of rotatable bonds is 3. The van der Waals surface area contributed by atoms with Crippen LogP contribution in [-0.2, 0) is 5.41 Å². The highest BCUT2D eigenvalue weighted by atomic mass is 15.0. The standard InChI is InChI=1S/C53H36N2/c1-53(2)46-21-11-8-20-42(46)51-40-19-7-6-16-37(40)43-32-36(26-27-41(43)52(51)53)55-48-23-13-10-18-39(48)45-31-34(25-29-50(45)55)33-24-28-49-44(30-33)38-17-9-12-22-47(38)54(49)35-14-4-3-5-15-35/h3-32H,1-2H3. The molecule has 0 spiro atoms. The van der Waals surface area contributed by atoms with E-state index in [0.717, 1.165) is 0 Å². The third-order valence-corrected chi connectivity index (χ3v) is 12.5. The SMILES string of the molecule is CC1(C)c2ccccc2-c2c1c1ccc(-n3c4ccccc4c4cc(-c5ccc6c(c5)c5ccccc5n6-c5ccccc5)ccc43)cc1c1ccccc21. The highest BCUT2D eigenvalue weighted by molar-refractivity contribution is 6.19. The summed E-state index contributed by atoms with van der Waals surface area (Å²) in [6.07, 6.45) is 0. The predicted molar refractivity (Wildman–Crippen MR) is 233 cm³/mol. The maximum atomic E-state index is 2.46. The number of hydrogen-bond donors (Lipinski definition) is 0. The minimum atomic E-state index is -0.0988. The van der Waals surface area contributed by atoms with Gasteiger partial charge in [-0.25, -0.2) is 0 Å². The molecule has 0 saturated carbocycles. The van der Waals surface area contributed by atoms with Gasteiger partial charge >= 0.3 is 0 Å². The van der Waals surface area contributed by atoms with Gasteiger partial charge in [0, 0.05) is 38.3 Å². The first-order chi connectivity index (χ1) is 27.1. The van der Waals surface area contributed by atoms with Crippen molar-refractivity contribution in [2.75, 3.05) is 0 Å². The molecular weight excluding hydrogens is 665 g/mol. The summed E-state index contributed by atoms with van der Waals surface area (Å²) in [5.41, 5.74) is 15.2. The Kier molecular flexibility index (Phi) is 6.15. The van der Waals surface area contributed by atoms with Crippen LogP contribution in [-0.4, -0.2) is 9.13 Å². The van der Waals surface area contributed by atoms with Crippen molar-refractivity contribution in [2.24, 2.45) is 0 Å². The second kappa shape index (κ2) is 11.1. The molecule has 11 aromatic rings. The summed E-state index contributed by atoms with van der Waals surface area (Å²) >= 11 is 0. The van der Waals surface area contributed by atoms with Gasteiger partial charge in [-0.15, -0.1) is 0 Å². The molecule has 0 amide bonds. The van der Waals surface area contributed by atoms with Crippen LogP contribution >= 0.6 is 0 Å². The zero-order valence-electron chi connectivity index (χ0n) is 30.7. The van der Waals surface area contributed by atoms with Gasteiger partial charge in [-0.05, 0) is 116 Å². The molecule has 0 N–H and O–H groups in total. The van der Waals surface area contributed by atoms with E-state index in [-0.39, 0.29) is 5.41 Å². The molecule has 0 atom stereocenters. The fraction of sp³-hybridized carbons (Fsp3) is 0.0566. The van der Waals surface area contributed by atoms with Crippen LogP contribution in [0.1, 0.15) is 25.0 Å². The molecule has 0 aliphatic heterocycles. The van der Waals surface area contributed by atoms with Gasteiger partial charge in [0.1, 0.15) is 0 Å². The number of fused-ring (bicyclic) bond motifs is 14. The first kappa shape index (κ1) is 30.6. The van der Waals surface area contributed by atoms with E-state index < -0.39 is 0 Å². The van der Waals surface area contributed by atoms with Crippen molar-refractivity contribution < 1.29 is 0 Å². The molecule has 55 heavy (non-hydrogen) atoms. The first-order valence-electron chi connectivity index (χ1n) is 19.3. The Morgan fingerprint density at radius 3 is 1.55 bits per heavy atom. The largest absolute Gasteiger partial charge is 0.309 e. The summed E-state index contributed by atoms with van der Waals surface area (Å²) in [4.78, 5) is 0. The molecule has 2 nitrogen and oxygen atoms in total. The summed E-state index contributed by atoms with van der Waals surface area (Å²) in [5, 5.41) is 10.3. The summed E-state index contributed by atoms with van der Waals surface area (Å²) in [7, 11) is 0. The van der Waals surface area contributed by atoms with E-state index in [0.29, 0.717) is 0 Å². The Morgan fingerprint density at radius 1 is 0.345 bits per heavy atom. The van der Waals surface area contributed by atoms with Crippen molar-refractivity contribution in [1.29, 1.82) is 0 Å². The Bertz CT molecular complexity index is 3390. The minimum absolute atomic E-state index is 0.0988. The average molecular weight is 701 g/mol. The third kappa shape index (κ3) is 4.14. The number of nitrogens with zero attached hydrogens (tertiary/aromatic N) is 2. The van der Waals surface area contributed by atoms with E-state index in [1.807, 2.05) is 0 Å². The molecule has 9 aromatic carbocycles. The Labute approximate surface area is 319 Å². The Morgan fingerprint density at radius 2 is 0.873 bits per heavy atom. The van der Waals surface area contributed by atoms with Gasteiger partial charge in [0.15, 0.2) is 0 Å². The van der Waals surface area contributed by atoms with Crippen molar-refractivity contribution >= 4 is 65.2 Å². The topological polar surface area (TPSA) is 9.86 Å². The highest BCUT2D eigenvalue weighted by Gasteiger charge is 2.38. The quantitative estimate of drug-likeness (QED) is 0.162. The van der Waals surface area contributed by atoms with Crippen molar-refractivity contribution in [3.05, 3.63) is 193 Å². The summed E-state index contributed by atoms with van der Waals surface area (Å²) in [6, 6.07) is 67.5. The molecule has 2 aromatic heterocycles. The van der Waals surface area contributed by atoms with Gasteiger partial charge in [-0.1, -0.05) is 135 Å². The molecule has 0 radical (unpaired) electrons. The van der Waals surface area contributed by atoms with E-state index in [4.69, 9.17) is 0 Å². The van der Waals surface area contributed by atoms with E-state index >= 15 is 0 Å². The van der Waals surface area contributed by atoms with E-state index in [1.54, 1.807) is 0 Å². The molecule has 1 aliphatic carbocycles. The predicted octanol–water partition coefficient (Wildman–Crippen LogP) is 14.2. The molecule has 0 saturated heterocycles. The third-order valence-electron chi connectivity index (χ3n) is 12.5. The van der Waals surface area contributed by atoms with E-state index in [1.165, 1.54) is 110 Å². The van der Waals surface area contributed by atoms with Gasteiger partial charge in [-0.3, -0.25) is 0 Å². The lowest BCUT2D eigenvalue weighted by Gasteiger charge is -2.24. The summed E-state index contributed by atoms with van der Waals surface area (Å²) < 4.78 is 4.85. The van der Waals surface area contributed by atoms with Crippen molar-refractivity contribution in [1.82, 2.24) is 9.13 Å². The molecule has 2 heterocycles. The smallest absolute Gasteiger partial charge is 0.0541 e. The molecule has 0 unspecified atom stereocenters. The fourth-order valence-corrected chi connectivity index (χ4v) is 10.1. The van der Waals surface area contributed by atoms with Gasteiger partial charge in [0.2, 0.25) is 0 Å². The van der Waals surface area contributed by atoms with Crippen LogP contribution in [0.15, 0.2) is 182 Å². The Hall–Kier alpha value is -6.90. The van der Waals surface area contributed by atoms with Crippen LogP contribution in [0, 0.1) is 0 Å². The molecule has 0 fully saturated rings. The number of benzene rings is 9. The molecular formula is C53H36N2. The minimum Gasteiger partial charge on any atom is -0.309 e. The van der Waals surface area contributed by atoms with Crippen molar-refractivity contribution in [2.45, 2.75) is 19.3 Å². The van der Waals surface area contributed by atoms with Gasteiger partial charge in [-0.2, -0.15) is 0 Å². The van der Waals surface area contributed by atoms with Crippen LogP contribution in [0.25, 0.3) is 98.8 Å². The van der Waals surface area contributed by atoms with Crippen LogP contribution in [0.4, 0.5) is 0 Å². The van der Waals surface area contributed by atoms with Gasteiger partial charge in [0.25, 0.3) is 0 Å². The highest BCUT2D eigenvalue weighted by Crippen LogP contribution is 2.54. The lowest BCUT2D eigenvalue weighted by molar-refractivity contribution is 0.666. The second-order valence-electron chi connectivity index (χ2n) is 15.7. The second-order valence-corrected chi connectivity index (χ2v) is 15.7. The van der Waals surface area contributed by atoms with Crippen LogP contribution in [0.2, 0.25) is 0 Å². The zero-order valence-corrected chi connectivity index (χ0v) is 30.7. The molecule has 0 bridgehead atoms. The van der Waals surface area contributed by atoms with E-state index in [9.17, 15) is 0 Å². The van der Waals surface area contributed by atoms with Gasteiger partial charge in [0.05, 0.1) is 22.1 Å². The number of para-hydroxylation sites is 3. The van der Waals surface area contributed by atoms with Crippen molar-refractivity contribution in [3.63, 3.8) is 0 Å². The van der Waals surface area contributed by atoms with Crippen molar-refractivity contribution in [3.8, 4) is 33.6 Å². The lowest BCUT2D eigenvalue weighted by atomic mass is 9.79. The first-order valence-corrected chi connectivity index (χ1v) is 19.3. The number of hydrogen-bond acceptors (Lipinski definition) is 0. The molecule has 1 aliphatic rings. The fourth-order valence-electron chi connectivity index (χ4n) is 10.1. The zero-order chi connectivity index (χ0) is 36.4. The maximum Gasteiger partial charge on any atom is 0.0541 e. The lowest BCUT2D eigenvalue weighted by Crippen LogP contribution is -2.15. The molecule has 2 heteroatoms. The number of aromatic nitrogens is 2. The van der Waals surface area contributed by atoms with Crippen LogP contribution in [0.3, 0.4) is 0 Å². The normalized spacial score (nSPS) is 13.4.